The van der Waals surface area contributed by atoms with Crippen LogP contribution in [0.4, 0.5) is 0 Å². The van der Waals surface area contributed by atoms with Crippen molar-refractivity contribution in [3.63, 3.8) is 0 Å². The number of carbonyl (C=O) groups is 2. The summed E-state index contributed by atoms with van der Waals surface area (Å²) in [6.07, 6.45) is 0. The second kappa shape index (κ2) is 7.12. The molecule has 0 spiro atoms. The number of hydrogen-bond acceptors (Lipinski definition) is 4. The van der Waals surface area contributed by atoms with E-state index in [0.717, 1.165) is 0 Å². The van der Waals surface area contributed by atoms with Gasteiger partial charge < -0.3 is 9.47 Å². The van der Waals surface area contributed by atoms with Gasteiger partial charge >= 0.3 is 11.9 Å². The van der Waals surface area contributed by atoms with Gasteiger partial charge in [-0.1, -0.05) is 33.9 Å². The highest BCUT2D eigenvalue weighted by Gasteiger charge is 2.27. The SMILES string of the molecule is C=C(C)C(=O)OCC(COC(=O)C(=C)C)C(C)(C)C. The first-order chi connectivity index (χ1) is 8.55. The van der Waals surface area contributed by atoms with Crippen LogP contribution in [-0.2, 0) is 19.1 Å². The molecule has 0 aliphatic rings. The third-order valence-electron chi connectivity index (χ3n) is 2.75. The van der Waals surface area contributed by atoms with Gasteiger partial charge in [-0.3, -0.25) is 0 Å². The Morgan fingerprint density at radius 3 is 1.47 bits per heavy atom. The van der Waals surface area contributed by atoms with Crippen LogP contribution in [0, 0.1) is 11.3 Å². The Labute approximate surface area is 115 Å². The number of ether oxygens (including phenoxy) is 2. The van der Waals surface area contributed by atoms with Gasteiger partial charge in [-0.05, 0) is 19.3 Å². The number of hydrogen-bond donors (Lipinski definition) is 0. The molecular weight excluding hydrogens is 244 g/mol. The normalized spacial score (nSPS) is 11.1. The molecular formula is C15H24O4. The van der Waals surface area contributed by atoms with Crippen LogP contribution >= 0.6 is 0 Å². The fraction of sp³-hybridized carbons (Fsp3) is 0.600. The molecule has 0 N–H and O–H groups in total. The molecule has 0 aliphatic heterocycles. The van der Waals surface area contributed by atoms with Crippen molar-refractivity contribution in [1.82, 2.24) is 0 Å². The van der Waals surface area contributed by atoms with Crippen molar-refractivity contribution >= 4 is 11.9 Å². The largest absolute Gasteiger partial charge is 0.462 e. The van der Waals surface area contributed by atoms with E-state index in [-0.39, 0.29) is 24.5 Å². The summed E-state index contributed by atoms with van der Waals surface area (Å²) in [5.74, 6) is -0.944. The molecule has 0 aromatic carbocycles. The van der Waals surface area contributed by atoms with E-state index in [9.17, 15) is 9.59 Å². The molecule has 0 atom stereocenters. The molecule has 0 saturated carbocycles. The van der Waals surface area contributed by atoms with Crippen molar-refractivity contribution in [1.29, 1.82) is 0 Å². The third-order valence-corrected chi connectivity index (χ3v) is 2.75. The zero-order chi connectivity index (χ0) is 15.2. The number of esters is 2. The Kier molecular flexibility index (Phi) is 6.53. The minimum Gasteiger partial charge on any atom is -0.462 e. The Hall–Kier alpha value is -1.58. The van der Waals surface area contributed by atoms with E-state index in [1.807, 2.05) is 20.8 Å². The van der Waals surface area contributed by atoms with Crippen LogP contribution in [0.2, 0.25) is 0 Å². The standard InChI is InChI=1S/C15H24O4/c1-10(2)13(16)18-8-12(15(5,6)7)9-19-14(17)11(3)4/h12H,1,3,8-9H2,2,4-7H3. The highest BCUT2D eigenvalue weighted by molar-refractivity contribution is 5.87. The fourth-order valence-electron chi connectivity index (χ4n) is 1.15. The van der Waals surface area contributed by atoms with Crippen LogP contribution in [-0.4, -0.2) is 25.2 Å². The average molecular weight is 268 g/mol. The Morgan fingerprint density at radius 1 is 0.947 bits per heavy atom. The van der Waals surface area contributed by atoms with E-state index in [4.69, 9.17) is 9.47 Å². The average Bonchev–Trinajstić information content (AvgIpc) is 2.25. The van der Waals surface area contributed by atoms with E-state index < -0.39 is 11.9 Å². The molecule has 0 unspecified atom stereocenters. The molecule has 19 heavy (non-hydrogen) atoms. The van der Waals surface area contributed by atoms with Crippen molar-refractivity contribution < 1.29 is 19.1 Å². The van der Waals surface area contributed by atoms with Crippen molar-refractivity contribution in [2.45, 2.75) is 34.6 Å². The predicted octanol–water partition coefficient (Wildman–Crippen LogP) is 2.89. The molecule has 0 saturated heterocycles. The van der Waals surface area contributed by atoms with Crippen molar-refractivity contribution in [2.75, 3.05) is 13.2 Å². The summed E-state index contributed by atoms with van der Waals surface area (Å²) in [5, 5.41) is 0. The van der Waals surface area contributed by atoms with Crippen LogP contribution in [0.15, 0.2) is 24.3 Å². The molecule has 0 bridgehead atoms. The maximum Gasteiger partial charge on any atom is 0.333 e. The molecule has 0 aliphatic carbocycles. The summed E-state index contributed by atoms with van der Waals surface area (Å²) in [6.45, 7) is 16.6. The highest BCUT2D eigenvalue weighted by atomic mass is 16.5. The van der Waals surface area contributed by atoms with E-state index in [0.29, 0.717) is 11.1 Å². The minimum atomic E-state index is -0.430. The summed E-state index contributed by atoms with van der Waals surface area (Å²) in [4.78, 5) is 22.8. The molecule has 0 rings (SSSR count). The first-order valence-electron chi connectivity index (χ1n) is 6.21. The predicted molar refractivity (Wildman–Crippen MR) is 74.5 cm³/mol. The van der Waals surface area contributed by atoms with Crippen molar-refractivity contribution in [3.05, 3.63) is 24.3 Å². The second-order valence-corrected chi connectivity index (χ2v) is 5.82. The van der Waals surface area contributed by atoms with Gasteiger partial charge in [-0.25, -0.2) is 9.59 Å². The molecule has 0 aromatic rings. The lowest BCUT2D eigenvalue weighted by Crippen LogP contribution is -2.31. The minimum absolute atomic E-state index is 0.0842. The van der Waals surface area contributed by atoms with Gasteiger partial charge in [0, 0.05) is 17.1 Å². The Bertz CT molecular complexity index is 344. The molecule has 0 amide bonds. The summed E-state index contributed by atoms with van der Waals surface area (Å²) in [5.41, 5.74) is 0.559. The molecule has 0 fully saturated rings. The lowest BCUT2D eigenvalue weighted by atomic mass is 9.82. The maximum absolute atomic E-state index is 11.4. The van der Waals surface area contributed by atoms with Gasteiger partial charge in [0.05, 0.1) is 13.2 Å². The Balaban J connectivity index is 4.50. The smallest absolute Gasteiger partial charge is 0.333 e. The summed E-state index contributed by atoms with van der Waals surface area (Å²) in [6, 6.07) is 0. The van der Waals surface area contributed by atoms with Gasteiger partial charge in [0.1, 0.15) is 0 Å². The van der Waals surface area contributed by atoms with Gasteiger partial charge in [-0.15, -0.1) is 0 Å². The molecule has 0 heterocycles. The van der Waals surface area contributed by atoms with E-state index in [1.54, 1.807) is 13.8 Å². The molecule has 4 heteroatoms. The van der Waals surface area contributed by atoms with Crippen LogP contribution < -0.4 is 0 Å². The van der Waals surface area contributed by atoms with Crippen molar-refractivity contribution in [2.24, 2.45) is 11.3 Å². The zero-order valence-corrected chi connectivity index (χ0v) is 12.5. The maximum atomic E-state index is 11.4. The van der Waals surface area contributed by atoms with Crippen LogP contribution in [0.3, 0.4) is 0 Å². The summed E-state index contributed by atoms with van der Waals surface area (Å²) in [7, 11) is 0. The quantitative estimate of drug-likeness (QED) is 0.549. The Morgan fingerprint density at radius 2 is 1.26 bits per heavy atom. The van der Waals surface area contributed by atoms with Crippen LogP contribution in [0.5, 0.6) is 0 Å². The van der Waals surface area contributed by atoms with E-state index in [1.165, 1.54) is 0 Å². The highest BCUT2D eigenvalue weighted by Crippen LogP contribution is 2.27. The van der Waals surface area contributed by atoms with Gasteiger partial charge in [0.15, 0.2) is 0 Å². The lowest BCUT2D eigenvalue weighted by Gasteiger charge is -2.29. The zero-order valence-electron chi connectivity index (χ0n) is 12.5. The second-order valence-electron chi connectivity index (χ2n) is 5.82. The first kappa shape index (κ1) is 17.4. The molecule has 0 aromatic heterocycles. The van der Waals surface area contributed by atoms with Gasteiger partial charge in [0.25, 0.3) is 0 Å². The summed E-state index contributed by atoms with van der Waals surface area (Å²) < 4.78 is 10.3. The van der Waals surface area contributed by atoms with Crippen molar-refractivity contribution in [3.8, 4) is 0 Å². The number of rotatable bonds is 6. The van der Waals surface area contributed by atoms with E-state index in [2.05, 4.69) is 13.2 Å². The molecule has 4 nitrogen and oxygen atoms in total. The number of carbonyl (C=O) groups excluding carboxylic acids is 2. The van der Waals surface area contributed by atoms with Gasteiger partial charge in [0.2, 0.25) is 0 Å². The molecule has 0 radical (unpaired) electrons. The monoisotopic (exact) mass is 268 g/mol. The molecule has 108 valence electrons. The fourth-order valence-corrected chi connectivity index (χ4v) is 1.15. The summed E-state index contributed by atoms with van der Waals surface area (Å²) >= 11 is 0. The van der Waals surface area contributed by atoms with Crippen LogP contribution in [0.1, 0.15) is 34.6 Å². The lowest BCUT2D eigenvalue weighted by molar-refractivity contribution is -0.146. The third kappa shape index (κ3) is 6.79. The van der Waals surface area contributed by atoms with Gasteiger partial charge in [-0.2, -0.15) is 0 Å². The van der Waals surface area contributed by atoms with Crippen LogP contribution in [0.25, 0.3) is 0 Å². The first-order valence-corrected chi connectivity index (χ1v) is 6.21. The van der Waals surface area contributed by atoms with E-state index >= 15 is 0 Å². The topological polar surface area (TPSA) is 52.6 Å².